The monoisotopic (exact) mass is 195 g/mol. The van der Waals surface area contributed by atoms with Gasteiger partial charge in [0, 0.05) is 0 Å². The standard InChI is InChI=1S/C6H13NOSe/c1-2-3-4-5(7)6(8)9/h5H,2-4,7H2,1H3,(H,8,9). The third-order valence-electron chi connectivity index (χ3n) is 1.19. The summed E-state index contributed by atoms with van der Waals surface area (Å²) < 4.78 is 0.225. The summed E-state index contributed by atoms with van der Waals surface area (Å²) in [5.41, 5.74) is 5.48. The molecule has 9 heavy (non-hydrogen) atoms. The molecule has 3 heteroatoms. The summed E-state index contributed by atoms with van der Waals surface area (Å²) in [5.74, 6) is 0. The SMILES string of the molecule is CCCCC(N)C(O)=[Se]. The van der Waals surface area contributed by atoms with Crippen LogP contribution < -0.4 is 5.73 Å². The number of hydrogen-bond acceptors (Lipinski definition) is 2. The van der Waals surface area contributed by atoms with Gasteiger partial charge in [-0.15, -0.1) is 0 Å². The van der Waals surface area contributed by atoms with Crippen LogP contribution in [-0.4, -0.2) is 31.3 Å². The maximum atomic E-state index is 8.78. The molecule has 0 aromatic carbocycles. The van der Waals surface area contributed by atoms with E-state index in [1.54, 1.807) is 0 Å². The maximum absolute atomic E-state index is 8.78. The van der Waals surface area contributed by atoms with Gasteiger partial charge in [0.2, 0.25) is 0 Å². The van der Waals surface area contributed by atoms with Crippen LogP contribution in [0.4, 0.5) is 0 Å². The third kappa shape index (κ3) is 4.64. The molecule has 0 fully saturated rings. The minimum atomic E-state index is -0.162. The Labute approximate surface area is 63.8 Å². The van der Waals surface area contributed by atoms with Crippen LogP contribution in [0.2, 0.25) is 0 Å². The van der Waals surface area contributed by atoms with E-state index < -0.39 is 0 Å². The molecule has 0 amide bonds. The molecule has 0 aliphatic rings. The van der Waals surface area contributed by atoms with Gasteiger partial charge < -0.3 is 0 Å². The Hall–Kier alpha value is 0.149. The molecule has 1 atom stereocenters. The Morgan fingerprint density at radius 3 is 2.67 bits per heavy atom. The molecule has 0 saturated heterocycles. The van der Waals surface area contributed by atoms with E-state index in [0.717, 1.165) is 19.3 Å². The number of nitrogens with two attached hydrogens (primary N) is 1. The van der Waals surface area contributed by atoms with E-state index in [-0.39, 0.29) is 10.6 Å². The first-order valence-electron chi connectivity index (χ1n) is 3.17. The number of aliphatic hydroxyl groups excluding tert-OH is 1. The van der Waals surface area contributed by atoms with Crippen LogP contribution >= 0.6 is 0 Å². The van der Waals surface area contributed by atoms with Crippen molar-refractivity contribution in [2.45, 2.75) is 32.2 Å². The summed E-state index contributed by atoms with van der Waals surface area (Å²) in [6.07, 6.45) is 3.07. The zero-order valence-electron chi connectivity index (χ0n) is 5.63. The third-order valence-corrected chi connectivity index (χ3v) is 1.82. The van der Waals surface area contributed by atoms with E-state index in [1.807, 2.05) is 0 Å². The van der Waals surface area contributed by atoms with E-state index in [0.29, 0.717) is 0 Å². The van der Waals surface area contributed by atoms with Crippen molar-refractivity contribution in [1.82, 2.24) is 0 Å². The Balaban J connectivity index is 3.27. The molecule has 0 aromatic rings. The molecule has 0 aromatic heterocycles. The van der Waals surface area contributed by atoms with Crippen LogP contribution in [0, 0.1) is 0 Å². The number of rotatable bonds is 4. The second kappa shape index (κ2) is 4.98. The van der Waals surface area contributed by atoms with Gasteiger partial charge in [-0.05, 0) is 0 Å². The molecule has 2 nitrogen and oxygen atoms in total. The van der Waals surface area contributed by atoms with Crippen LogP contribution in [0.1, 0.15) is 26.2 Å². The summed E-state index contributed by atoms with van der Waals surface area (Å²) in [4.78, 5) is 0. The Morgan fingerprint density at radius 2 is 2.33 bits per heavy atom. The molecule has 1 unspecified atom stereocenters. The minimum absolute atomic E-state index is 0.162. The van der Waals surface area contributed by atoms with Crippen molar-refractivity contribution in [1.29, 1.82) is 0 Å². The summed E-state index contributed by atoms with van der Waals surface area (Å²) in [6, 6.07) is -0.162. The Kier molecular flexibility index (Phi) is 5.06. The van der Waals surface area contributed by atoms with Gasteiger partial charge in [-0.1, -0.05) is 0 Å². The average Bonchev–Trinajstić information content (AvgIpc) is 1.82. The molecule has 0 saturated carbocycles. The predicted octanol–water partition coefficient (Wildman–Crippen LogP) is 0.175. The molecule has 54 valence electrons. The van der Waals surface area contributed by atoms with Crippen molar-refractivity contribution in [2.75, 3.05) is 0 Å². The zero-order valence-corrected chi connectivity index (χ0v) is 7.34. The molecular weight excluding hydrogens is 181 g/mol. The topological polar surface area (TPSA) is 46.2 Å². The molecule has 0 rings (SSSR count). The van der Waals surface area contributed by atoms with E-state index in [4.69, 9.17) is 10.8 Å². The molecule has 0 aliphatic carbocycles. The Morgan fingerprint density at radius 1 is 1.78 bits per heavy atom. The number of unbranched alkanes of at least 4 members (excludes halogenated alkanes) is 1. The van der Waals surface area contributed by atoms with Crippen molar-refractivity contribution in [3.8, 4) is 0 Å². The van der Waals surface area contributed by atoms with Crippen molar-refractivity contribution >= 4 is 20.2 Å². The van der Waals surface area contributed by atoms with Crippen molar-refractivity contribution in [3.05, 3.63) is 0 Å². The van der Waals surface area contributed by atoms with E-state index in [2.05, 4.69) is 22.5 Å². The zero-order chi connectivity index (χ0) is 7.28. The van der Waals surface area contributed by atoms with Gasteiger partial charge in [-0.25, -0.2) is 0 Å². The van der Waals surface area contributed by atoms with Crippen molar-refractivity contribution < 1.29 is 5.11 Å². The molecule has 0 radical (unpaired) electrons. The van der Waals surface area contributed by atoms with Gasteiger partial charge in [0.15, 0.2) is 0 Å². The molecule has 0 aliphatic heterocycles. The average molecular weight is 194 g/mol. The van der Waals surface area contributed by atoms with E-state index in [1.165, 1.54) is 0 Å². The second-order valence-corrected chi connectivity index (χ2v) is 2.96. The number of aliphatic hydroxyl groups is 1. The fraction of sp³-hybridized carbons (Fsp3) is 0.833. The van der Waals surface area contributed by atoms with Crippen LogP contribution in [-0.2, 0) is 0 Å². The quantitative estimate of drug-likeness (QED) is 0.627. The molecule has 0 heterocycles. The van der Waals surface area contributed by atoms with Crippen molar-refractivity contribution in [2.24, 2.45) is 5.73 Å². The second-order valence-electron chi connectivity index (χ2n) is 2.09. The van der Waals surface area contributed by atoms with Gasteiger partial charge in [0.25, 0.3) is 0 Å². The molecular formula is C6H13NOSe. The number of hydrogen-bond donors (Lipinski definition) is 2. The first-order valence-corrected chi connectivity index (χ1v) is 4.02. The fourth-order valence-electron chi connectivity index (χ4n) is 0.548. The van der Waals surface area contributed by atoms with Crippen LogP contribution in [0.25, 0.3) is 0 Å². The van der Waals surface area contributed by atoms with Gasteiger partial charge >= 0.3 is 63.2 Å². The molecule has 0 spiro atoms. The summed E-state index contributed by atoms with van der Waals surface area (Å²) in [6.45, 7) is 2.10. The first kappa shape index (κ1) is 9.15. The first-order chi connectivity index (χ1) is 4.18. The van der Waals surface area contributed by atoms with Crippen molar-refractivity contribution in [3.63, 3.8) is 0 Å². The van der Waals surface area contributed by atoms with Gasteiger partial charge in [0.05, 0.1) is 0 Å². The van der Waals surface area contributed by atoms with Crippen LogP contribution in [0.5, 0.6) is 0 Å². The van der Waals surface area contributed by atoms with Crippen LogP contribution in [0.15, 0.2) is 0 Å². The summed E-state index contributed by atoms with van der Waals surface area (Å²) in [7, 11) is 0. The van der Waals surface area contributed by atoms with Crippen LogP contribution in [0.3, 0.4) is 0 Å². The van der Waals surface area contributed by atoms with Gasteiger partial charge in [-0.3, -0.25) is 0 Å². The van der Waals surface area contributed by atoms with Gasteiger partial charge in [-0.2, -0.15) is 0 Å². The summed E-state index contributed by atoms with van der Waals surface area (Å²) in [5, 5.41) is 8.78. The van der Waals surface area contributed by atoms with E-state index >= 15 is 0 Å². The molecule has 0 bridgehead atoms. The summed E-state index contributed by atoms with van der Waals surface area (Å²) >= 11 is 2.50. The Bertz CT molecular complexity index is 95.1. The normalized spacial score (nSPS) is 13.1. The predicted molar refractivity (Wildman–Crippen MR) is 40.2 cm³/mol. The molecule has 3 N–H and O–H groups in total. The van der Waals surface area contributed by atoms with E-state index in [9.17, 15) is 0 Å². The fourth-order valence-corrected chi connectivity index (χ4v) is 0.795. The van der Waals surface area contributed by atoms with Gasteiger partial charge in [0.1, 0.15) is 0 Å².